The third-order valence-corrected chi connectivity index (χ3v) is 9.23. The Bertz CT molecular complexity index is 692. The van der Waals surface area contributed by atoms with E-state index >= 15 is 0 Å². The van der Waals surface area contributed by atoms with Gasteiger partial charge in [0.05, 0.1) is 11.5 Å². The summed E-state index contributed by atoms with van der Waals surface area (Å²) in [5.74, 6) is -1.31. The van der Waals surface area contributed by atoms with E-state index in [9.17, 15) is 21.2 Å². The minimum Gasteiger partial charge on any atom is -0.227 e. The molecule has 0 radical (unpaired) electrons. The Kier molecular flexibility index (Phi) is 3.95. The highest BCUT2D eigenvalue weighted by molar-refractivity contribution is 8.09. The van der Waals surface area contributed by atoms with Crippen LogP contribution in [0.1, 0.15) is 30.9 Å². The minimum atomic E-state index is -3.84. The largest absolute Gasteiger partial charge is 0.227 e. The second kappa shape index (κ2) is 5.05. The Labute approximate surface area is 125 Å². The van der Waals surface area contributed by atoms with Crippen LogP contribution >= 0.6 is 0 Å². The van der Waals surface area contributed by atoms with E-state index < -0.39 is 41.4 Å². The molecule has 1 aromatic rings. The molecule has 0 saturated carbocycles. The van der Waals surface area contributed by atoms with E-state index in [-0.39, 0.29) is 17.1 Å². The Hall–Kier alpha value is -0.950. The van der Waals surface area contributed by atoms with Crippen LogP contribution < -0.4 is 0 Å². The molecular formula is C14H19FO4S2. The molecule has 1 fully saturated rings. The van der Waals surface area contributed by atoms with E-state index in [1.54, 1.807) is 0 Å². The zero-order chi connectivity index (χ0) is 16.1. The first-order valence-corrected chi connectivity index (χ1v) is 10.1. The van der Waals surface area contributed by atoms with Crippen LogP contribution in [-0.2, 0) is 19.7 Å². The lowest BCUT2D eigenvalue weighted by atomic mass is 9.83. The van der Waals surface area contributed by atoms with Gasteiger partial charge in [-0.2, -0.15) is 0 Å². The fourth-order valence-corrected chi connectivity index (χ4v) is 8.80. The minimum absolute atomic E-state index is 0.115. The first-order chi connectivity index (χ1) is 9.43. The molecule has 4 nitrogen and oxygen atoms in total. The van der Waals surface area contributed by atoms with Crippen molar-refractivity contribution >= 4 is 19.7 Å². The SMILES string of the molecule is CC(C)(C)C1CS(=O)(=O)C(c2ccc([18F])cc2)S(=O)(=O)C1. The number of hydrogen-bond acceptors (Lipinski definition) is 4. The van der Waals surface area contributed by atoms with Crippen LogP contribution in [-0.4, -0.2) is 28.3 Å². The molecule has 0 amide bonds. The summed E-state index contributed by atoms with van der Waals surface area (Å²) in [7, 11) is -7.68. The molecule has 0 unspecified atom stereocenters. The number of halogens is 1. The van der Waals surface area contributed by atoms with Crippen LogP contribution in [0.3, 0.4) is 0 Å². The topological polar surface area (TPSA) is 68.3 Å². The lowest BCUT2D eigenvalue weighted by Gasteiger charge is -2.36. The molecule has 1 aliphatic heterocycles. The molecule has 118 valence electrons. The lowest BCUT2D eigenvalue weighted by Crippen LogP contribution is -2.43. The number of benzene rings is 1. The molecule has 0 aromatic heterocycles. The van der Waals surface area contributed by atoms with Crippen molar-refractivity contribution in [1.29, 1.82) is 0 Å². The molecule has 0 bridgehead atoms. The van der Waals surface area contributed by atoms with E-state index in [0.29, 0.717) is 0 Å². The van der Waals surface area contributed by atoms with Crippen LogP contribution in [0.25, 0.3) is 0 Å². The summed E-state index contributed by atoms with van der Waals surface area (Å²) >= 11 is 0. The van der Waals surface area contributed by atoms with Crippen molar-refractivity contribution in [3.8, 4) is 0 Å². The zero-order valence-corrected chi connectivity index (χ0v) is 13.8. The van der Waals surface area contributed by atoms with Crippen molar-refractivity contribution in [2.45, 2.75) is 25.4 Å². The second-order valence-corrected chi connectivity index (χ2v) is 11.2. The summed E-state index contributed by atoms with van der Waals surface area (Å²) in [6.45, 7) is 5.50. The quantitative estimate of drug-likeness (QED) is 0.791. The van der Waals surface area contributed by atoms with Gasteiger partial charge in [0.2, 0.25) is 0 Å². The summed E-state index contributed by atoms with van der Waals surface area (Å²) in [6, 6.07) is 4.62. The highest BCUT2D eigenvalue weighted by Gasteiger charge is 2.48. The van der Waals surface area contributed by atoms with Crippen molar-refractivity contribution < 1.29 is 21.2 Å². The Balaban J connectivity index is 2.51. The Morgan fingerprint density at radius 3 is 1.76 bits per heavy atom. The number of sulfone groups is 2. The standard InChI is InChI=1S/C14H19FO4S2/c1-14(2,3)11-8-20(16,17)13(21(18,19)9-11)10-4-6-12(15)7-5-10/h4-7,11,13H,8-9H2,1-3H3/i15-1. The third-order valence-electron chi connectivity index (χ3n) is 3.89. The maximum absolute atomic E-state index is 13.0. The average Bonchev–Trinajstić information content (AvgIpc) is 2.27. The van der Waals surface area contributed by atoms with E-state index in [4.69, 9.17) is 0 Å². The van der Waals surface area contributed by atoms with Gasteiger partial charge in [-0.15, -0.1) is 0 Å². The zero-order valence-electron chi connectivity index (χ0n) is 12.2. The van der Waals surface area contributed by atoms with E-state index in [1.807, 2.05) is 20.8 Å². The van der Waals surface area contributed by atoms with Crippen LogP contribution in [0.2, 0.25) is 0 Å². The lowest BCUT2D eigenvalue weighted by molar-refractivity contribution is 0.284. The van der Waals surface area contributed by atoms with Gasteiger partial charge >= 0.3 is 0 Å². The van der Waals surface area contributed by atoms with Gasteiger partial charge in [-0.3, -0.25) is 0 Å². The summed E-state index contributed by atoms with van der Waals surface area (Å²) < 4.78 is 61.2. The maximum atomic E-state index is 13.0. The van der Waals surface area contributed by atoms with Crippen molar-refractivity contribution in [2.75, 3.05) is 11.5 Å². The molecule has 1 aliphatic rings. The van der Waals surface area contributed by atoms with E-state index in [2.05, 4.69) is 0 Å². The number of hydrogen-bond donors (Lipinski definition) is 0. The van der Waals surface area contributed by atoms with Gasteiger partial charge in [-0.1, -0.05) is 32.9 Å². The highest BCUT2D eigenvalue weighted by Crippen LogP contribution is 2.41. The molecule has 1 saturated heterocycles. The highest BCUT2D eigenvalue weighted by atomic mass is 32.3. The smallest absolute Gasteiger partial charge is 0.187 e. The van der Waals surface area contributed by atoms with Crippen LogP contribution in [0.5, 0.6) is 0 Å². The summed E-state index contributed by atoms with van der Waals surface area (Å²) in [5, 5.41) is 0. The van der Waals surface area contributed by atoms with Crippen molar-refractivity contribution in [3.63, 3.8) is 0 Å². The maximum Gasteiger partial charge on any atom is 0.187 e. The molecule has 1 heterocycles. The molecule has 0 atom stereocenters. The first-order valence-electron chi connectivity index (χ1n) is 6.62. The van der Waals surface area contributed by atoms with Crippen molar-refractivity contribution in [2.24, 2.45) is 11.3 Å². The van der Waals surface area contributed by atoms with Gasteiger partial charge in [0.15, 0.2) is 24.3 Å². The van der Waals surface area contributed by atoms with E-state index in [0.717, 1.165) is 12.1 Å². The molecule has 0 aliphatic carbocycles. The molecule has 21 heavy (non-hydrogen) atoms. The van der Waals surface area contributed by atoms with Crippen LogP contribution in [0, 0.1) is 17.2 Å². The Morgan fingerprint density at radius 1 is 0.952 bits per heavy atom. The summed E-state index contributed by atoms with van der Waals surface area (Å²) in [6.07, 6.45) is 0. The molecule has 1 aromatic carbocycles. The molecular weight excluding hydrogens is 314 g/mol. The van der Waals surface area contributed by atoms with Crippen LogP contribution in [0.4, 0.5) is 4.39 Å². The molecule has 0 N–H and O–H groups in total. The van der Waals surface area contributed by atoms with Gasteiger partial charge in [-0.05, 0) is 29.0 Å². The summed E-state index contributed by atoms with van der Waals surface area (Å²) in [4.78, 5) is 0. The predicted octanol–water partition coefficient (Wildman–Crippen LogP) is 2.33. The fraction of sp³-hybridized carbons (Fsp3) is 0.571. The van der Waals surface area contributed by atoms with Gasteiger partial charge in [0.25, 0.3) is 0 Å². The van der Waals surface area contributed by atoms with Crippen LogP contribution in [0.15, 0.2) is 24.3 Å². The van der Waals surface area contributed by atoms with E-state index in [1.165, 1.54) is 12.1 Å². The van der Waals surface area contributed by atoms with Gasteiger partial charge < -0.3 is 0 Å². The second-order valence-electron chi connectivity index (χ2n) is 6.61. The predicted molar refractivity (Wildman–Crippen MR) is 79.7 cm³/mol. The monoisotopic (exact) mass is 333 g/mol. The van der Waals surface area contributed by atoms with Gasteiger partial charge in [-0.25, -0.2) is 21.2 Å². The first kappa shape index (κ1) is 16.4. The molecule has 2 rings (SSSR count). The van der Waals surface area contributed by atoms with Crippen molar-refractivity contribution in [1.82, 2.24) is 0 Å². The third kappa shape index (κ3) is 3.29. The van der Waals surface area contributed by atoms with Gasteiger partial charge in [0.1, 0.15) is 5.82 Å². The van der Waals surface area contributed by atoms with Crippen molar-refractivity contribution in [3.05, 3.63) is 35.6 Å². The molecule has 0 spiro atoms. The molecule has 7 heteroatoms. The van der Waals surface area contributed by atoms with Gasteiger partial charge in [0, 0.05) is 0 Å². The fourth-order valence-electron chi connectivity index (χ4n) is 2.54. The average molecular weight is 333 g/mol. The normalized spacial score (nSPS) is 28.2. The Morgan fingerprint density at radius 2 is 1.38 bits per heavy atom. The summed E-state index contributed by atoms with van der Waals surface area (Å²) in [5.41, 5.74) is -0.294. The number of rotatable bonds is 1.